The Morgan fingerprint density at radius 2 is 2.00 bits per heavy atom. The maximum atomic E-state index is 12.6. The van der Waals surface area contributed by atoms with E-state index in [0.29, 0.717) is 39.7 Å². The van der Waals surface area contributed by atoms with E-state index in [-0.39, 0.29) is 19.3 Å². The van der Waals surface area contributed by atoms with E-state index >= 15 is 0 Å². The highest BCUT2D eigenvalue weighted by atomic mass is 16.7. The van der Waals surface area contributed by atoms with Gasteiger partial charge in [0.2, 0.25) is 12.7 Å². The molecule has 1 aromatic carbocycles. The molecule has 0 fully saturated rings. The van der Waals surface area contributed by atoms with Gasteiger partial charge in [0.05, 0.1) is 22.8 Å². The zero-order valence-corrected chi connectivity index (χ0v) is 12.8. The number of carbonyl (C=O) groups is 1. The highest BCUT2D eigenvalue weighted by Crippen LogP contribution is 2.44. The first-order valence-corrected chi connectivity index (χ1v) is 7.58. The smallest absolute Gasteiger partial charge is 0.337 e. The van der Waals surface area contributed by atoms with Crippen LogP contribution in [0.1, 0.15) is 17.0 Å². The van der Waals surface area contributed by atoms with Gasteiger partial charge in [-0.05, 0) is 17.7 Å². The van der Waals surface area contributed by atoms with Crippen molar-refractivity contribution < 1.29 is 19.0 Å². The first-order valence-electron chi connectivity index (χ1n) is 7.58. The summed E-state index contributed by atoms with van der Waals surface area (Å²) in [4.78, 5) is 31.5. The summed E-state index contributed by atoms with van der Waals surface area (Å²) >= 11 is 0. The molecule has 2 aromatic rings. The second-order valence-electron chi connectivity index (χ2n) is 5.85. The van der Waals surface area contributed by atoms with Crippen LogP contribution in [-0.2, 0) is 9.53 Å². The van der Waals surface area contributed by atoms with Crippen molar-refractivity contribution in [2.75, 3.05) is 24.5 Å². The monoisotopic (exact) mass is 340 g/mol. The molecule has 9 heteroatoms. The second-order valence-corrected chi connectivity index (χ2v) is 5.85. The average Bonchev–Trinajstić information content (AvgIpc) is 3.19. The molecule has 0 saturated carbocycles. The fourth-order valence-electron chi connectivity index (χ4n) is 3.39. The Kier molecular flexibility index (Phi) is 2.65. The number of H-pyrrole nitrogens is 1. The Bertz CT molecular complexity index is 1030. The Hall–Kier alpha value is -3.49. The quantitative estimate of drug-likeness (QED) is 0.638. The van der Waals surface area contributed by atoms with Gasteiger partial charge in [-0.25, -0.2) is 4.79 Å². The highest BCUT2D eigenvalue weighted by Gasteiger charge is 2.41. The lowest BCUT2D eigenvalue weighted by Crippen LogP contribution is -2.29. The van der Waals surface area contributed by atoms with Crippen molar-refractivity contribution >= 4 is 17.7 Å². The molecule has 4 heterocycles. The van der Waals surface area contributed by atoms with Crippen molar-refractivity contribution in [3.05, 3.63) is 50.9 Å². The number of hydrogen-bond acceptors (Lipinski definition) is 8. The van der Waals surface area contributed by atoms with Crippen LogP contribution in [-0.4, -0.2) is 29.3 Å². The molecule has 3 aliphatic heterocycles. The SMILES string of the molecule is Nc1nc2c(c(=O)[nH]1)C(c1ccc3c(c1)OCO3)C1=C(COC1=O)N2. The zero-order valence-electron chi connectivity index (χ0n) is 12.8. The molecular formula is C16H12N4O5. The molecule has 1 atom stereocenters. The number of ether oxygens (including phenoxy) is 3. The number of carbonyl (C=O) groups excluding carboxylic acids is 1. The van der Waals surface area contributed by atoms with E-state index in [9.17, 15) is 9.59 Å². The topological polar surface area (TPSA) is 129 Å². The molecule has 1 aromatic heterocycles. The highest BCUT2D eigenvalue weighted by molar-refractivity contribution is 5.96. The fraction of sp³-hybridized carbons (Fsp3) is 0.188. The van der Waals surface area contributed by atoms with Crippen molar-refractivity contribution in [3.8, 4) is 11.5 Å². The average molecular weight is 340 g/mol. The number of fused-ring (bicyclic) bond motifs is 2. The number of aromatic nitrogens is 2. The van der Waals surface area contributed by atoms with E-state index in [2.05, 4.69) is 15.3 Å². The van der Waals surface area contributed by atoms with Gasteiger partial charge >= 0.3 is 5.97 Å². The third-order valence-electron chi connectivity index (χ3n) is 4.44. The predicted molar refractivity (Wildman–Crippen MR) is 85.3 cm³/mol. The van der Waals surface area contributed by atoms with Gasteiger partial charge in [-0.15, -0.1) is 0 Å². The van der Waals surface area contributed by atoms with Gasteiger partial charge in [0.25, 0.3) is 5.56 Å². The molecule has 9 nitrogen and oxygen atoms in total. The number of nitrogens with zero attached hydrogens (tertiary/aromatic N) is 1. The summed E-state index contributed by atoms with van der Waals surface area (Å²) in [6, 6.07) is 5.30. The summed E-state index contributed by atoms with van der Waals surface area (Å²) in [6.45, 7) is 0.235. The van der Waals surface area contributed by atoms with Gasteiger partial charge in [-0.1, -0.05) is 6.07 Å². The van der Waals surface area contributed by atoms with Crippen LogP contribution >= 0.6 is 0 Å². The summed E-state index contributed by atoms with van der Waals surface area (Å²) in [5.74, 6) is 0.395. The minimum Gasteiger partial charge on any atom is -0.456 e. The molecule has 1 unspecified atom stereocenters. The molecule has 126 valence electrons. The van der Waals surface area contributed by atoms with Crippen molar-refractivity contribution in [2.45, 2.75) is 5.92 Å². The van der Waals surface area contributed by atoms with Crippen molar-refractivity contribution in [1.82, 2.24) is 9.97 Å². The van der Waals surface area contributed by atoms with Crippen LogP contribution in [0.15, 0.2) is 34.3 Å². The molecule has 3 aliphatic rings. The summed E-state index contributed by atoms with van der Waals surface area (Å²) < 4.78 is 15.9. The molecule has 0 aliphatic carbocycles. The van der Waals surface area contributed by atoms with E-state index in [0.717, 1.165) is 0 Å². The van der Waals surface area contributed by atoms with Crippen LogP contribution in [0, 0.1) is 0 Å². The van der Waals surface area contributed by atoms with E-state index in [4.69, 9.17) is 19.9 Å². The molecule has 0 saturated heterocycles. The summed E-state index contributed by atoms with van der Waals surface area (Å²) in [5.41, 5.74) is 7.22. The Labute approximate surface area is 140 Å². The molecule has 0 spiro atoms. The van der Waals surface area contributed by atoms with Gasteiger partial charge in [0, 0.05) is 0 Å². The van der Waals surface area contributed by atoms with Crippen LogP contribution in [0.3, 0.4) is 0 Å². The maximum Gasteiger partial charge on any atom is 0.337 e. The first kappa shape index (κ1) is 13.9. The number of nitrogen functional groups attached to an aromatic ring is 1. The van der Waals surface area contributed by atoms with Gasteiger partial charge in [0.1, 0.15) is 12.4 Å². The van der Waals surface area contributed by atoms with Crippen LogP contribution < -0.4 is 26.1 Å². The molecule has 0 bridgehead atoms. The minimum absolute atomic E-state index is 0.00465. The van der Waals surface area contributed by atoms with Crippen molar-refractivity contribution in [3.63, 3.8) is 0 Å². The lowest BCUT2D eigenvalue weighted by Gasteiger charge is -2.25. The van der Waals surface area contributed by atoms with E-state index in [1.54, 1.807) is 18.2 Å². The number of nitrogens with one attached hydrogen (secondary N) is 2. The van der Waals surface area contributed by atoms with Crippen molar-refractivity contribution in [2.24, 2.45) is 0 Å². The van der Waals surface area contributed by atoms with Crippen LogP contribution in [0.25, 0.3) is 0 Å². The van der Waals surface area contributed by atoms with Crippen molar-refractivity contribution in [1.29, 1.82) is 0 Å². The van der Waals surface area contributed by atoms with Gasteiger partial charge < -0.3 is 25.3 Å². The summed E-state index contributed by atoms with van der Waals surface area (Å²) in [6.07, 6.45) is 0. The molecule has 4 N–H and O–H groups in total. The normalized spacial score (nSPS) is 20.0. The molecule has 25 heavy (non-hydrogen) atoms. The lowest BCUT2D eigenvalue weighted by atomic mass is 9.83. The number of rotatable bonds is 1. The number of cyclic esters (lactones) is 1. The molecule has 0 radical (unpaired) electrons. The predicted octanol–water partition coefficient (Wildman–Crippen LogP) is 0.449. The largest absolute Gasteiger partial charge is 0.456 e. The van der Waals surface area contributed by atoms with E-state index in [1.165, 1.54) is 0 Å². The zero-order chi connectivity index (χ0) is 17.1. The number of aromatic amines is 1. The third-order valence-corrected chi connectivity index (χ3v) is 4.44. The Morgan fingerprint density at radius 1 is 1.16 bits per heavy atom. The standard InChI is InChI=1S/C16H12N4O5/c17-16-19-13-12(14(21)20-16)10(11-7(18-13)4-23-15(11)22)6-1-2-8-9(3-6)25-5-24-8/h1-3,10H,4-5H2,(H4,17,18,19,20,21). The van der Waals surface area contributed by atoms with Crippen LogP contribution in [0.5, 0.6) is 11.5 Å². The number of hydrogen-bond donors (Lipinski definition) is 3. The first-order chi connectivity index (χ1) is 12.1. The molecule has 0 amide bonds. The van der Waals surface area contributed by atoms with Gasteiger partial charge in [-0.3, -0.25) is 9.78 Å². The summed E-state index contributed by atoms with van der Waals surface area (Å²) in [7, 11) is 0. The van der Waals surface area contributed by atoms with Crippen LogP contribution in [0.2, 0.25) is 0 Å². The van der Waals surface area contributed by atoms with E-state index < -0.39 is 17.4 Å². The Morgan fingerprint density at radius 3 is 2.88 bits per heavy atom. The number of anilines is 2. The van der Waals surface area contributed by atoms with Crippen LogP contribution in [0.4, 0.5) is 11.8 Å². The number of esters is 1. The third kappa shape index (κ3) is 1.92. The fourth-order valence-corrected chi connectivity index (χ4v) is 3.39. The van der Waals surface area contributed by atoms with Gasteiger partial charge in [0.15, 0.2) is 11.5 Å². The van der Waals surface area contributed by atoms with E-state index in [1.807, 2.05) is 0 Å². The maximum absolute atomic E-state index is 12.6. The Balaban J connectivity index is 1.76. The minimum atomic E-state index is -0.632. The lowest BCUT2D eigenvalue weighted by molar-refractivity contribution is -0.136. The summed E-state index contributed by atoms with van der Waals surface area (Å²) in [5, 5.41) is 2.99. The molecule has 5 rings (SSSR count). The number of benzene rings is 1. The second kappa shape index (κ2) is 4.76. The number of nitrogens with two attached hydrogens (primary N) is 1. The molecular weight excluding hydrogens is 328 g/mol. The van der Waals surface area contributed by atoms with Gasteiger partial charge in [-0.2, -0.15) is 4.98 Å².